The Kier molecular flexibility index (Phi) is 5.88. The average Bonchev–Trinajstić information content (AvgIpc) is 2.66. The van der Waals surface area contributed by atoms with Crippen molar-refractivity contribution in [2.24, 2.45) is 0 Å². The summed E-state index contributed by atoms with van der Waals surface area (Å²) in [5.74, 6) is -4.21. The van der Waals surface area contributed by atoms with Crippen molar-refractivity contribution in [2.75, 3.05) is 10.0 Å². The predicted octanol–water partition coefficient (Wildman–Crippen LogP) is 4.30. The largest absolute Gasteiger partial charge is 0.322 e. The van der Waals surface area contributed by atoms with E-state index in [-0.39, 0.29) is 17.0 Å². The summed E-state index contributed by atoms with van der Waals surface area (Å²) in [6.45, 7) is 0. The fourth-order valence-electron chi connectivity index (χ4n) is 2.52. The third-order valence-corrected chi connectivity index (χ3v) is 5.12. The van der Waals surface area contributed by atoms with Gasteiger partial charge >= 0.3 is 0 Å². The summed E-state index contributed by atoms with van der Waals surface area (Å²) in [5, 5.41) is 2.33. The Labute approximate surface area is 165 Å². The van der Waals surface area contributed by atoms with Gasteiger partial charge in [0, 0.05) is 17.3 Å². The second-order valence-corrected chi connectivity index (χ2v) is 7.85. The molecule has 0 aliphatic heterocycles. The van der Waals surface area contributed by atoms with Gasteiger partial charge in [-0.2, -0.15) is 0 Å². The number of sulfonamides is 1. The van der Waals surface area contributed by atoms with E-state index in [4.69, 9.17) is 0 Å². The van der Waals surface area contributed by atoms with Crippen LogP contribution in [0.4, 0.5) is 24.5 Å². The SMILES string of the molecule is O=C(Nc1ccc(F)c(F)c1)c1ccc(F)c(NS(=O)(=O)Cc2ccccc2)c1. The monoisotopic (exact) mass is 420 g/mol. The van der Waals surface area contributed by atoms with E-state index >= 15 is 0 Å². The number of nitrogens with one attached hydrogen (secondary N) is 2. The number of halogens is 3. The summed E-state index contributed by atoms with van der Waals surface area (Å²) < 4.78 is 67.0. The molecule has 0 aliphatic rings. The molecule has 0 bridgehead atoms. The lowest BCUT2D eigenvalue weighted by atomic mass is 10.1. The first-order valence-corrected chi connectivity index (χ1v) is 9.99. The number of amides is 1. The zero-order chi connectivity index (χ0) is 21.0. The van der Waals surface area contributed by atoms with Crippen LogP contribution in [0, 0.1) is 17.5 Å². The quantitative estimate of drug-likeness (QED) is 0.625. The highest BCUT2D eigenvalue weighted by molar-refractivity contribution is 7.91. The Morgan fingerprint density at radius 3 is 2.21 bits per heavy atom. The first kappa shape index (κ1) is 20.4. The van der Waals surface area contributed by atoms with E-state index < -0.39 is 39.1 Å². The van der Waals surface area contributed by atoms with Gasteiger partial charge in [0.1, 0.15) is 5.82 Å². The van der Waals surface area contributed by atoms with E-state index in [0.717, 1.165) is 36.4 Å². The number of hydrogen-bond donors (Lipinski definition) is 2. The molecule has 0 aromatic heterocycles. The second kappa shape index (κ2) is 8.36. The highest BCUT2D eigenvalue weighted by Crippen LogP contribution is 2.21. The fraction of sp³-hybridized carbons (Fsp3) is 0.0500. The van der Waals surface area contributed by atoms with Gasteiger partial charge in [0.15, 0.2) is 11.6 Å². The maximum Gasteiger partial charge on any atom is 0.255 e. The van der Waals surface area contributed by atoms with Crippen molar-refractivity contribution in [3.8, 4) is 0 Å². The van der Waals surface area contributed by atoms with E-state index in [1.165, 1.54) is 0 Å². The molecule has 3 aromatic rings. The van der Waals surface area contributed by atoms with Gasteiger partial charge in [0.05, 0.1) is 11.4 Å². The molecule has 0 unspecified atom stereocenters. The molecule has 5 nitrogen and oxygen atoms in total. The van der Waals surface area contributed by atoms with Crippen LogP contribution in [0.5, 0.6) is 0 Å². The number of anilines is 2. The van der Waals surface area contributed by atoms with Crippen LogP contribution in [0.3, 0.4) is 0 Å². The van der Waals surface area contributed by atoms with Crippen LogP contribution in [-0.2, 0) is 15.8 Å². The lowest BCUT2D eigenvalue weighted by molar-refractivity contribution is 0.102. The van der Waals surface area contributed by atoms with Crippen molar-refractivity contribution in [3.05, 3.63) is 95.3 Å². The smallest absolute Gasteiger partial charge is 0.255 e. The topological polar surface area (TPSA) is 75.3 Å². The average molecular weight is 420 g/mol. The molecule has 150 valence electrons. The minimum atomic E-state index is -3.93. The molecule has 0 fully saturated rings. The maximum absolute atomic E-state index is 14.1. The molecule has 2 N–H and O–H groups in total. The van der Waals surface area contributed by atoms with Crippen molar-refractivity contribution < 1.29 is 26.4 Å². The second-order valence-electron chi connectivity index (χ2n) is 6.12. The molecule has 0 heterocycles. The molecular weight excluding hydrogens is 405 g/mol. The van der Waals surface area contributed by atoms with Gasteiger partial charge in [-0.15, -0.1) is 0 Å². The normalized spacial score (nSPS) is 11.1. The lowest BCUT2D eigenvalue weighted by Gasteiger charge is -2.11. The molecular formula is C20H15F3N2O3S. The van der Waals surface area contributed by atoms with E-state index in [9.17, 15) is 26.4 Å². The summed E-state index contributed by atoms with van der Waals surface area (Å²) >= 11 is 0. The van der Waals surface area contributed by atoms with Crippen molar-refractivity contribution in [1.82, 2.24) is 0 Å². The molecule has 0 spiro atoms. The minimum absolute atomic E-state index is 0.00978. The third kappa shape index (κ3) is 5.35. The Morgan fingerprint density at radius 2 is 1.52 bits per heavy atom. The molecule has 0 atom stereocenters. The van der Waals surface area contributed by atoms with Crippen LogP contribution in [0.25, 0.3) is 0 Å². The molecule has 9 heteroatoms. The van der Waals surface area contributed by atoms with Gasteiger partial charge in [-0.25, -0.2) is 21.6 Å². The molecule has 0 aliphatic carbocycles. The molecule has 0 saturated carbocycles. The van der Waals surface area contributed by atoms with E-state index in [1.807, 2.05) is 0 Å². The van der Waals surface area contributed by atoms with Gasteiger partial charge < -0.3 is 5.32 Å². The van der Waals surface area contributed by atoms with Gasteiger partial charge in [-0.1, -0.05) is 30.3 Å². The van der Waals surface area contributed by atoms with Crippen molar-refractivity contribution in [3.63, 3.8) is 0 Å². The van der Waals surface area contributed by atoms with Crippen molar-refractivity contribution in [2.45, 2.75) is 5.75 Å². The Morgan fingerprint density at radius 1 is 0.828 bits per heavy atom. The number of hydrogen-bond acceptors (Lipinski definition) is 3. The third-order valence-electron chi connectivity index (χ3n) is 3.87. The van der Waals surface area contributed by atoms with Crippen LogP contribution in [0.1, 0.15) is 15.9 Å². The Balaban J connectivity index is 1.78. The summed E-state index contributed by atoms with van der Waals surface area (Å²) in [6, 6.07) is 14.2. The van der Waals surface area contributed by atoms with Gasteiger partial charge in [0.2, 0.25) is 10.0 Å². The molecule has 0 radical (unpaired) electrons. The Bertz CT molecular complexity index is 1150. The minimum Gasteiger partial charge on any atom is -0.322 e. The van der Waals surface area contributed by atoms with Crippen molar-refractivity contribution >= 4 is 27.3 Å². The molecule has 3 rings (SSSR count). The Hall–Kier alpha value is -3.33. The maximum atomic E-state index is 14.1. The highest BCUT2D eigenvalue weighted by Gasteiger charge is 2.17. The first-order valence-electron chi connectivity index (χ1n) is 8.34. The summed E-state index contributed by atoms with van der Waals surface area (Å²) in [4.78, 5) is 12.3. The molecule has 3 aromatic carbocycles. The molecule has 1 amide bonds. The summed E-state index contributed by atoms with van der Waals surface area (Å²) in [7, 11) is -3.93. The number of benzene rings is 3. The summed E-state index contributed by atoms with van der Waals surface area (Å²) in [6.07, 6.45) is 0. The lowest BCUT2D eigenvalue weighted by Crippen LogP contribution is -2.17. The van der Waals surface area contributed by atoms with E-state index in [2.05, 4.69) is 10.0 Å². The van der Waals surface area contributed by atoms with Gasteiger partial charge in [0.25, 0.3) is 5.91 Å². The first-order chi connectivity index (χ1) is 13.7. The number of carbonyl (C=O) groups is 1. The van der Waals surface area contributed by atoms with Crippen LogP contribution in [0.2, 0.25) is 0 Å². The van der Waals surface area contributed by atoms with E-state index in [1.54, 1.807) is 30.3 Å². The standard InChI is InChI=1S/C20H15F3N2O3S/c21-16-9-7-15(11-18(16)23)24-20(26)14-6-8-17(22)19(10-14)25-29(27,28)12-13-4-2-1-3-5-13/h1-11,25H,12H2,(H,24,26). The van der Waals surface area contributed by atoms with Crippen LogP contribution >= 0.6 is 0 Å². The molecule has 0 saturated heterocycles. The highest BCUT2D eigenvalue weighted by atomic mass is 32.2. The number of carbonyl (C=O) groups excluding carboxylic acids is 1. The zero-order valence-corrected chi connectivity index (χ0v) is 15.6. The van der Waals surface area contributed by atoms with Gasteiger partial charge in [-0.05, 0) is 35.9 Å². The predicted molar refractivity (Wildman–Crippen MR) is 103 cm³/mol. The fourth-order valence-corrected chi connectivity index (χ4v) is 3.71. The number of rotatable bonds is 6. The van der Waals surface area contributed by atoms with Gasteiger partial charge in [-0.3, -0.25) is 9.52 Å². The van der Waals surface area contributed by atoms with E-state index in [0.29, 0.717) is 5.56 Å². The van der Waals surface area contributed by atoms with Crippen LogP contribution in [-0.4, -0.2) is 14.3 Å². The van der Waals surface area contributed by atoms with Crippen LogP contribution in [0.15, 0.2) is 66.7 Å². The van der Waals surface area contributed by atoms with Crippen molar-refractivity contribution in [1.29, 1.82) is 0 Å². The molecule has 29 heavy (non-hydrogen) atoms. The zero-order valence-electron chi connectivity index (χ0n) is 14.8. The summed E-state index contributed by atoms with van der Waals surface area (Å²) in [5.41, 5.74) is 0.0180. The van der Waals surface area contributed by atoms with Crippen LogP contribution < -0.4 is 10.0 Å².